The Morgan fingerprint density at radius 1 is 0.909 bits per heavy atom. The molecule has 0 saturated carbocycles. The van der Waals surface area contributed by atoms with E-state index < -0.39 is 6.09 Å². The second-order valence-electron chi connectivity index (χ2n) is 11.7. The van der Waals surface area contributed by atoms with Gasteiger partial charge >= 0.3 is 6.09 Å². The minimum Gasteiger partial charge on any atom is -0.449 e. The first-order chi connectivity index (χ1) is 21.3. The smallest absolute Gasteiger partial charge is 0.406 e. The van der Waals surface area contributed by atoms with E-state index in [1.54, 1.807) is 0 Å². The van der Waals surface area contributed by atoms with Gasteiger partial charge in [-0.15, -0.1) is 0 Å². The lowest BCUT2D eigenvalue weighted by atomic mass is 9.93. The molecular weight excluding hydrogens is 560 g/mol. The number of Topliss-reactive ketones (excluding diaryl/α,β-unsaturated/α-hetero) is 1. The molecule has 0 radical (unpaired) electrons. The third kappa shape index (κ3) is 11.0. The summed E-state index contributed by atoms with van der Waals surface area (Å²) >= 11 is 0. The molecule has 2 amide bonds. The van der Waals surface area contributed by atoms with Crippen LogP contribution in [0.25, 0.3) is 11.1 Å². The zero-order valence-electron chi connectivity index (χ0n) is 26.6. The van der Waals surface area contributed by atoms with E-state index in [-0.39, 0.29) is 30.8 Å². The number of ketones is 1. The summed E-state index contributed by atoms with van der Waals surface area (Å²) in [7, 11) is 1.53. The largest absolute Gasteiger partial charge is 0.449 e. The van der Waals surface area contributed by atoms with Gasteiger partial charge < -0.3 is 30.0 Å². The minimum absolute atomic E-state index is 0.0154. The predicted octanol–water partition coefficient (Wildman–Crippen LogP) is 5.41. The van der Waals surface area contributed by atoms with Gasteiger partial charge in [0.05, 0.1) is 6.61 Å². The fourth-order valence-electron chi connectivity index (χ4n) is 5.37. The quantitative estimate of drug-likeness (QED) is 0.128. The lowest BCUT2D eigenvalue weighted by Crippen LogP contribution is -2.27. The number of unbranched alkanes of at least 4 members (excludes halogenated alkanes) is 1. The van der Waals surface area contributed by atoms with Crippen molar-refractivity contribution in [1.82, 2.24) is 10.6 Å². The molecular formula is C35H50N2O7. The van der Waals surface area contributed by atoms with Crippen LogP contribution in [0.5, 0.6) is 0 Å². The van der Waals surface area contributed by atoms with Crippen LogP contribution in [0.15, 0.2) is 36.4 Å². The first-order valence-electron chi connectivity index (χ1n) is 16.0. The second-order valence-corrected chi connectivity index (χ2v) is 11.7. The van der Waals surface area contributed by atoms with Crippen LogP contribution in [-0.2, 0) is 25.4 Å². The lowest BCUT2D eigenvalue weighted by Gasteiger charge is -2.15. The Morgan fingerprint density at radius 3 is 2.48 bits per heavy atom. The van der Waals surface area contributed by atoms with E-state index in [2.05, 4.69) is 42.7 Å². The number of rotatable bonds is 21. The average molecular weight is 611 g/mol. The van der Waals surface area contributed by atoms with Gasteiger partial charge in [0.1, 0.15) is 6.61 Å². The van der Waals surface area contributed by atoms with Crippen molar-refractivity contribution in [1.29, 1.82) is 0 Å². The highest BCUT2D eigenvalue weighted by molar-refractivity contribution is 6.04. The molecule has 0 aromatic heterocycles. The van der Waals surface area contributed by atoms with Crippen molar-refractivity contribution < 1.29 is 33.7 Å². The molecule has 0 saturated heterocycles. The van der Waals surface area contributed by atoms with Crippen LogP contribution in [0.2, 0.25) is 0 Å². The van der Waals surface area contributed by atoms with E-state index in [0.29, 0.717) is 76.6 Å². The fraction of sp³-hybridized carbons (Fsp3) is 0.571. The van der Waals surface area contributed by atoms with Crippen molar-refractivity contribution in [3.05, 3.63) is 58.7 Å². The van der Waals surface area contributed by atoms with Gasteiger partial charge in [-0.25, -0.2) is 4.79 Å². The number of nitrogens with one attached hydrogen (secondary N) is 2. The number of benzene rings is 2. The Labute approximate surface area is 262 Å². The monoisotopic (exact) mass is 610 g/mol. The van der Waals surface area contributed by atoms with Crippen molar-refractivity contribution in [3.8, 4) is 11.1 Å². The highest BCUT2D eigenvalue weighted by atomic mass is 16.5. The molecule has 0 aliphatic heterocycles. The van der Waals surface area contributed by atoms with E-state index in [9.17, 15) is 14.4 Å². The SMILES string of the molecule is CNC(=O)OCC1c2cc(CCCC(=O)NCCOCCC(C)C)ccc2-c2c(C(=O)CCCOCCCCO)cccc21. The summed E-state index contributed by atoms with van der Waals surface area (Å²) in [6.07, 6.45) is 4.88. The Kier molecular flexibility index (Phi) is 15.4. The summed E-state index contributed by atoms with van der Waals surface area (Å²) in [6, 6.07) is 12.0. The maximum Gasteiger partial charge on any atom is 0.406 e. The zero-order valence-corrected chi connectivity index (χ0v) is 26.6. The van der Waals surface area contributed by atoms with Gasteiger partial charge in [-0.3, -0.25) is 9.59 Å². The summed E-state index contributed by atoms with van der Waals surface area (Å²) in [6.45, 7) is 7.46. The Hall–Kier alpha value is -3.27. The van der Waals surface area contributed by atoms with Gasteiger partial charge in [0.15, 0.2) is 5.78 Å². The molecule has 3 N–H and O–H groups in total. The second kappa shape index (κ2) is 19.2. The number of ether oxygens (including phenoxy) is 3. The third-order valence-electron chi connectivity index (χ3n) is 7.79. The van der Waals surface area contributed by atoms with Gasteiger partial charge in [-0.1, -0.05) is 50.2 Å². The van der Waals surface area contributed by atoms with Crippen LogP contribution in [0.3, 0.4) is 0 Å². The number of aryl methyl sites for hydroxylation is 1. The van der Waals surface area contributed by atoms with Gasteiger partial charge in [0.25, 0.3) is 0 Å². The topological polar surface area (TPSA) is 123 Å². The minimum atomic E-state index is -0.501. The van der Waals surface area contributed by atoms with Crippen molar-refractivity contribution in [3.63, 3.8) is 0 Å². The normalized spacial score (nSPS) is 13.4. The zero-order chi connectivity index (χ0) is 31.7. The number of fused-ring (bicyclic) bond motifs is 3. The van der Waals surface area contributed by atoms with E-state index in [0.717, 1.165) is 47.1 Å². The molecule has 1 aliphatic rings. The molecule has 44 heavy (non-hydrogen) atoms. The molecule has 1 aliphatic carbocycles. The number of aliphatic hydroxyl groups is 1. The molecule has 2 aromatic rings. The van der Waals surface area contributed by atoms with Gasteiger partial charge in [0.2, 0.25) is 5.91 Å². The first-order valence-corrected chi connectivity index (χ1v) is 16.0. The Morgan fingerprint density at radius 2 is 1.70 bits per heavy atom. The van der Waals surface area contributed by atoms with Crippen LogP contribution >= 0.6 is 0 Å². The molecule has 9 heteroatoms. The van der Waals surface area contributed by atoms with Crippen LogP contribution in [0.1, 0.15) is 91.8 Å². The summed E-state index contributed by atoms with van der Waals surface area (Å²) in [4.78, 5) is 37.7. The molecule has 0 fully saturated rings. The van der Waals surface area contributed by atoms with Crippen molar-refractivity contribution in [2.24, 2.45) is 5.92 Å². The van der Waals surface area contributed by atoms with Crippen LogP contribution in [0, 0.1) is 5.92 Å². The predicted molar refractivity (Wildman–Crippen MR) is 171 cm³/mol. The number of aliphatic hydroxyl groups excluding tert-OH is 1. The molecule has 0 spiro atoms. The van der Waals surface area contributed by atoms with E-state index in [1.807, 2.05) is 18.2 Å². The molecule has 0 bridgehead atoms. The standard InChI is InChI=1S/C35H50N2O7/c1-25(2)16-21-43-22-17-37-33(40)13-6-9-26-14-15-28-30(23-26)31(24-44-35(41)36-3)27-10-7-11-29(34(27)28)32(39)12-8-20-42-19-5-4-18-38/h7,10-11,14-15,23,25,31,38H,4-6,8-9,12-13,16-22,24H2,1-3H3,(H,36,41)(H,37,40). The summed E-state index contributed by atoms with van der Waals surface area (Å²) < 4.78 is 16.7. The number of alkyl carbamates (subject to hydrolysis) is 1. The number of carbonyl (C=O) groups excluding carboxylic acids is 3. The summed E-state index contributed by atoms with van der Waals surface area (Å²) in [5, 5.41) is 14.3. The van der Waals surface area contributed by atoms with E-state index in [4.69, 9.17) is 19.3 Å². The van der Waals surface area contributed by atoms with Gasteiger partial charge in [-0.2, -0.15) is 0 Å². The fourth-order valence-corrected chi connectivity index (χ4v) is 5.37. The number of amides is 2. The first kappa shape index (κ1) is 35.2. The van der Waals surface area contributed by atoms with Crippen molar-refractivity contribution in [2.75, 3.05) is 53.2 Å². The molecule has 0 heterocycles. The summed E-state index contributed by atoms with van der Waals surface area (Å²) in [5.74, 6) is 0.478. The van der Waals surface area contributed by atoms with Gasteiger partial charge in [0, 0.05) is 64.3 Å². The Balaban J connectivity index is 1.64. The van der Waals surface area contributed by atoms with Crippen molar-refractivity contribution in [2.45, 2.75) is 71.1 Å². The molecule has 3 rings (SSSR count). The van der Waals surface area contributed by atoms with Crippen LogP contribution in [0.4, 0.5) is 4.79 Å². The molecule has 2 aromatic carbocycles. The van der Waals surface area contributed by atoms with E-state index >= 15 is 0 Å². The maximum absolute atomic E-state index is 13.4. The number of hydrogen-bond acceptors (Lipinski definition) is 7. The Bertz CT molecular complexity index is 1210. The van der Waals surface area contributed by atoms with Crippen molar-refractivity contribution >= 4 is 17.8 Å². The maximum atomic E-state index is 13.4. The molecule has 9 nitrogen and oxygen atoms in total. The van der Waals surface area contributed by atoms with Crippen LogP contribution < -0.4 is 10.6 Å². The number of hydrogen-bond donors (Lipinski definition) is 3. The lowest BCUT2D eigenvalue weighted by molar-refractivity contribution is -0.121. The van der Waals surface area contributed by atoms with Gasteiger partial charge in [-0.05, 0) is 72.3 Å². The van der Waals surface area contributed by atoms with E-state index in [1.165, 1.54) is 7.05 Å². The molecule has 242 valence electrons. The highest BCUT2D eigenvalue weighted by Crippen LogP contribution is 2.47. The average Bonchev–Trinajstić information content (AvgIpc) is 3.33. The molecule has 1 atom stereocenters. The molecule has 1 unspecified atom stereocenters. The van der Waals surface area contributed by atoms with Crippen LogP contribution in [-0.4, -0.2) is 76.1 Å². The summed E-state index contributed by atoms with van der Waals surface area (Å²) in [5.41, 5.74) is 5.65. The number of carbonyl (C=O) groups is 3. The highest BCUT2D eigenvalue weighted by Gasteiger charge is 2.33. The third-order valence-corrected chi connectivity index (χ3v) is 7.79.